The molecule has 8 heteroatoms. The van der Waals surface area contributed by atoms with E-state index in [-0.39, 0.29) is 5.97 Å². The third kappa shape index (κ3) is 6.89. The molecule has 3 aromatic carbocycles. The molecule has 1 heterocycles. The number of benzene rings is 3. The number of hydrogen-bond acceptors (Lipinski definition) is 6. The summed E-state index contributed by atoms with van der Waals surface area (Å²) in [6.07, 6.45) is 1.01. The van der Waals surface area contributed by atoms with Gasteiger partial charge < -0.3 is 14.4 Å². The van der Waals surface area contributed by atoms with E-state index in [1.54, 1.807) is 13.0 Å². The fourth-order valence-corrected chi connectivity index (χ4v) is 6.16. The van der Waals surface area contributed by atoms with Crippen LogP contribution in [0.25, 0.3) is 10.1 Å². The number of carboxylic acids is 1. The highest BCUT2D eigenvalue weighted by Crippen LogP contribution is 2.40. The SMILES string of the molecule is CCOC(=O)C(Cc1ccccc1)NP(Cc1ccc2sc(C(=O)O)cc2c1)Oc1ccccc1. The minimum atomic E-state index is -1.32. The molecule has 0 spiro atoms. The predicted molar refractivity (Wildman–Crippen MR) is 140 cm³/mol. The first-order valence-electron chi connectivity index (χ1n) is 11.2. The average Bonchev–Trinajstić information content (AvgIpc) is 3.29. The molecule has 0 aliphatic rings. The molecule has 4 aromatic rings. The van der Waals surface area contributed by atoms with Gasteiger partial charge in [-0.25, -0.2) is 9.88 Å². The van der Waals surface area contributed by atoms with Gasteiger partial charge in [-0.15, -0.1) is 11.3 Å². The van der Waals surface area contributed by atoms with E-state index in [1.165, 1.54) is 11.3 Å². The summed E-state index contributed by atoms with van der Waals surface area (Å²) in [6, 6.07) is 26.3. The Balaban J connectivity index is 1.60. The lowest BCUT2D eigenvalue weighted by atomic mass is 10.1. The van der Waals surface area contributed by atoms with Gasteiger partial charge in [0.05, 0.1) is 6.61 Å². The van der Waals surface area contributed by atoms with E-state index in [2.05, 4.69) is 5.09 Å². The summed E-state index contributed by atoms with van der Waals surface area (Å²) < 4.78 is 12.6. The van der Waals surface area contributed by atoms with Gasteiger partial charge in [-0.1, -0.05) is 54.6 Å². The molecule has 0 aliphatic carbocycles. The maximum atomic E-state index is 12.8. The number of esters is 1. The second kappa shape index (κ2) is 11.9. The third-order valence-corrected chi connectivity index (χ3v) is 8.02. The molecule has 1 aromatic heterocycles. The number of rotatable bonds is 11. The topological polar surface area (TPSA) is 84.9 Å². The van der Waals surface area contributed by atoms with Crippen molar-refractivity contribution in [1.82, 2.24) is 5.09 Å². The number of aromatic carboxylic acids is 1. The monoisotopic (exact) mass is 507 g/mol. The normalized spacial score (nSPS) is 12.7. The number of carbonyl (C=O) groups is 2. The molecular weight excluding hydrogens is 481 g/mol. The molecule has 0 radical (unpaired) electrons. The second-order valence-electron chi connectivity index (χ2n) is 7.85. The quantitative estimate of drug-likeness (QED) is 0.184. The van der Waals surface area contributed by atoms with Crippen molar-refractivity contribution in [2.45, 2.75) is 25.5 Å². The van der Waals surface area contributed by atoms with E-state index in [9.17, 15) is 14.7 Å². The number of carbonyl (C=O) groups excluding carboxylic acids is 1. The highest BCUT2D eigenvalue weighted by molar-refractivity contribution is 7.50. The largest absolute Gasteiger partial charge is 0.477 e. The van der Waals surface area contributed by atoms with Crippen LogP contribution in [0.2, 0.25) is 0 Å². The van der Waals surface area contributed by atoms with E-state index in [1.807, 2.05) is 78.9 Å². The van der Waals surface area contributed by atoms with Gasteiger partial charge in [0.25, 0.3) is 0 Å². The third-order valence-electron chi connectivity index (χ3n) is 5.23. The molecule has 2 N–H and O–H groups in total. The molecule has 2 unspecified atom stereocenters. The molecule has 0 fully saturated rings. The summed E-state index contributed by atoms with van der Waals surface area (Å²) in [6.45, 7) is 2.09. The Morgan fingerprint density at radius 3 is 2.37 bits per heavy atom. The molecule has 0 bridgehead atoms. The van der Waals surface area contributed by atoms with Crippen LogP contribution in [0.3, 0.4) is 0 Å². The van der Waals surface area contributed by atoms with Crippen LogP contribution >= 0.6 is 19.6 Å². The minimum absolute atomic E-state index is 0.296. The zero-order valence-corrected chi connectivity index (χ0v) is 20.9. The van der Waals surface area contributed by atoms with Crippen LogP contribution in [0.15, 0.2) is 84.9 Å². The van der Waals surface area contributed by atoms with E-state index in [4.69, 9.17) is 9.26 Å². The van der Waals surface area contributed by atoms with Gasteiger partial charge in [-0.2, -0.15) is 0 Å². The molecular formula is C27H26NO5PS. The molecule has 35 heavy (non-hydrogen) atoms. The lowest BCUT2D eigenvalue weighted by Gasteiger charge is -2.25. The summed E-state index contributed by atoms with van der Waals surface area (Å²) in [7, 11) is -1.32. The Kier molecular flexibility index (Phi) is 8.48. The van der Waals surface area contributed by atoms with Gasteiger partial charge in [-0.3, -0.25) is 4.79 Å². The van der Waals surface area contributed by atoms with Gasteiger partial charge >= 0.3 is 11.9 Å². The second-order valence-corrected chi connectivity index (χ2v) is 10.5. The van der Waals surface area contributed by atoms with Crippen LogP contribution < -0.4 is 9.61 Å². The Labute approximate surface area is 209 Å². The summed E-state index contributed by atoms with van der Waals surface area (Å²) in [5.41, 5.74) is 2.01. The molecule has 0 amide bonds. The molecule has 180 valence electrons. The Morgan fingerprint density at radius 1 is 0.971 bits per heavy atom. The summed E-state index contributed by atoms with van der Waals surface area (Å²) in [5, 5.41) is 13.6. The molecule has 0 saturated carbocycles. The van der Waals surface area contributed by atoms with Crippen molar-refractivity contribution < 1.29 is 24.0 Å². The first-order valence-corrected chi connectivity index (χ1v) is 13.5. The summed E-state index contributed by atoms with van der Waals surface area (Å²) in [4.78, 5) is 24.5. The number of nitrogens with one attached hydrogen (secondary N) is 1. The number of carboxylic acid groups (broad SMARTS) is 1. The van der Waals surface area contributed by atoms with Crippen molar-refractivity contribution >= 4 is 41.7 Å². The highest BCUT2D eigenvalue weighted by atomic mass is 32.1. The number of fused-ring (bicyclic) bond motifs is 1. The molecule has 2 atom stereocenters. The maximum Gasteiger partial charge on any atom is 0.345 e. The first kappa shape index (κ1) is 24.9. The van der Waals surface area contributed by atoms with Crippen LogP contribution in [0, 0.1) is 0 Å². The van der Waals surface area contributed by atoms with Crippen LogP contribution in [0.4, 0.5) is 0 Å². The lowest BCUT2D eigenvalue weighted by Crippen LogP contribution is -2.38. The number of ether oxygens (including phenoxy) is 1. The first-order chi connectivity index (χ1) is 17.0. The Bertz CT molecular complexity index is 1280. The summed E-state index contributed by atoms with van der Waals surface area (Å²) >= 11 is 1.25. The van der Waals surface area contributed by atoms with E-state index in [0.717, 1.165) is 21.2 Å². The fourth-order valence-electron chi connectivity index (χ4n) is 3.62. The highest BCUT2D eigenvalue weighted by Gasteiger charge is 2.26. The molecule has 6 nitrogen and oxygen atoms in total. The van der Waals surface area contributed by atoms with Gasteiger partial charge in [0.2, 0.25) is 0 Å². The van der Waals surface area contributed by atoms with Crippen LogP contribution in [0.5, 0.6) is 5.75 Å². The van der Waals surface area contributed by atoms with Crippen molar-refractivity contribution in [3.8, 4) is 5.75 Å². The minimum Gasteiger partial charge on any atom is -0.477 e. The van der Waals surface area contributed by atoms with Crippen molar-refractivity contribution in [1.29, 1.82) is 0 Å². The molecule has 0 aliphatic heterocycles. The van der Waals surface area contributed by atoms with Gasteiger partial charge in [0.15, 0.2) is 8.30 Å². The Hall–Kier alpha value is -3.25. The average molecular weight is 508 g/mol. The number of para-hydroxylation sites is 1. The standard InChI is InChI=1S/C27H26NO5PS/c1-2-32-27(31)23(16-19-9-5-3-6-10-19)28-34(33-22-11-7-4-8-12-22)18-20-13-14-24-21(15-20)17-25(35-24)26(29)30/h3-15,17,23,28H,2,16,18H2,1H3,(H,29,30). The zero-order chi connectivity index (χ0) is 24.6. The maximum absolute atomic E-state index is 12.8. The van der Waals surface area contributed by atoms with E-state index < -0.39 is 20.3 Å². The zero-order valence-electron chi connectivity index (χ0n) is 19.2. The van der Waals surface area contributed by atoms with E-state index in [0.29, 0.717) is 29.8 Å². The van der Waals surface area contributed by atoms with Crippen molar-refractivity contribution in [3.63, 3.8) is 0 Å². The fraction of sp³-hybridized carbons (Fsp3) is 0.185. The number of hydrogen-bond donors (Lipinski definition) is 2. The summed E-state index contributed by atoms with van der Waals surface area (Å²) in [5.74, 6) is -0.541. The number of thiophene rings is 1. The molecule has 4 rings (SSSR count). The van der Waals surface area contributed by atoms with Crippen molar-refractivity contribution in [2.75, 3.05) is 6.61 Å². The predicted octanol–water partition coefficient (Wildman–Crippen LogP) is 6.25. The van der Waals surface area contributed by atoms with E-state index >= 15 is 0 Å². The van der Waals surface area contributed by atoms with Crippen LogP contribution in [-0.2, 0) is 22.1 Å². The van der Waals surface area contributed by atoms with Gasteiger partial charge in [-0.05, 0) is 60.2 Å². The molecule has 0 saturated heterocycles. The Morgan fingerprint density at radius 2 is 1.69 bits per heavy atom. The lowest BCUT2D eigenvalue weighted by molar-refractivity contribution is -0.145. The van der Waals surface area contributed by atoms with Crippen LogP contribution in [0.1, 0.15) is 27.7 Å². The van der Waals surface area contributed by atoms with Crippen molar-refractivity contribution in [2.24, 2.45) is 0 Å². The van der Waals surface area contributed by atoms with Crippen LogP contribution in [-0.4, -0.2) is 29.7 Å². The van der Waals surface area contributed by atoms with Crippen molar-refractivity contribution in [3.05, 3.63) is 101 Å². The van der Waals surface area contributed by atoms with Gasteiger partial charge in [0, 0.05) is 10.9 Å². The van der Waals surface area contributed by atoms with Gasteiger partial charge in [0.1, 0.15) is 16.7 Å². The smallest absolute Gasteiger partial charge is 0.345 e.